The lowest BCUT2D eigenvalue weighted by Crippen LogP contribution is -2.73. The van der Waals surface area contributed by atoms with Gasteiger partial charge in [-0.05, 0) is 194 Å². The van der Waals surface area contributed by atoms with Gasteiger partial charge in [-0.25, -0.2) is 0 Å². The molecule has 302 valence electrons. The molecule has 0 N–H and O–H groups in total. The van der Waals surface area contributed by atoms with Gasteiger partial charge in [0.1, 0.15) is 0 Å². The predicted molar refractivity (Wildman–Crippen MR) is 255 cm³/mol. The standard InChI is InChI=1S/C60H57N/c1-57(2)30-31-58(3,4)56-51(57)18-11-19-53(56)61(46-25-20-40(21-26-46)43-15-10-14-42(34-43)39-12-6-5-7-13-39)47-27-22-41(23-28-47)44-24-29-49-48-16-8-9-17-50(48)60(52(49)35-44)54-33-38-32-45-36-55(60)59(45,54)37-38/h5-9,11-14,16-29,34-35,38,45,54-55H,10,15,30-33,36-37H2,1-4H3. The van der Waals surface area contributed by atoms with Gasteiger partial charge in [0.05, 0.1) is 5.69 Å². The van der Waals surface area contributed by atoms with Crippen LogP contribution in [0.5, 0.6) is 0 Å². The van der Waals surface area contributed by atoms with Gasteiger partial charge in [0.2, 0.25) is 0 Å². The van der Waals surface area contributed by atoms with Crippen molar-refractivity contribution in [2.24, 2.45) is 29.1 Å². The summed E-state index contributed by atoms with van der Waals surface area (Å²) in [5.74, 6) is 3.61. The van der Waals surface area contributed by atoms with Crippen LogP contribution < -0.4 is 4.90 Å². The summed E-state index contributed by atoms with van der Waals surface area (Å²) in [6.45, 7) is 9.81. The van der Waals surface area contributed by atoms with E-state index in [-0.39, 0.29) is 16.2 Å². The average molecular weight is 792 g/mol. The highest BCUT2D eigenvalue weighted by Gasteiger charge is 2.84. The molecule has 13 rings (SSSR count). The Morgan fingerprint density at radius 1 is 0.541 bits per heavy atom. The number of allylic oxidation sites excluding steroid dienone is 4. The average Bonchev–Trinajstić information content (AvgIpc) is 3.93. The van der Waals surface area contributed by atoms with Crippen molar-refractivity contribution in [1.82, 2.24) is 0 Å². The van der Waals surface area contributed by atoms with Gasteiger partial charge in [-0.1, -0.05) is 143 Å². The van der Waals surface area contributed by atoms with E-state index < -0.39 is 0 Å². The maximum Gasteiger partial charge on any atom is 0.0502 e. The SMILES string of the molecule is CC1(C)CCC(C)(C)c2c(N(c3ccc(C4=CC(c5ccccc5)=CCC4)cc3)c3ccc(-c4ccc5c(c4)C4(c6ccccc6-5)C5CC6CC7CC4C75C6)cc3)cccc21. The number of benzene rings is 6. The first-order valence-electron chi connectivity index (χ1n) is 23.5. The third-order valence-electron chi connectivity index (χ3n) is 17.9. The Balaban J connectivity index is 0.897. The molecular weight excluding hydrogens is 735 g/mol. The van der Waals surface area contributed by atoms with E-state index in [2.05, 4.69) is 184 Å². The first-order valence-corrected chi connectivity index (χ1v) is 23.5. The van der Waals surface area contributed by atoms with E-state index in [0.29, 0.717) is 5.41 Å². The molecule has 6 aromatic rings. The summed E-state index contributed by atoms with van der Waals surface area (Å²) >= 11 is 0. The molecule has 0 heterocycles. The smallest absolute Gasteiger partial charge is 0.0502 e. The lowest BCUT2D eigenvalue weighted by atomic mass is 9.27. The fourth-order valence-electron chi connectivity index (χ4n) is 15.2. The fraction of sp³-hybridized carbons (Fsp3) is 0.333. The van der Waals surface area contributed by atoms with Crippen molar-refractivity contribution in [3.05, 3.63) is 185 Å². The molecule has 7 aliphatic rings. The van der Waals surface area contributed by atoms with E-state index in [1.54, 1.807) is 11.1 Å². The Bertz CT molecular complexity index is 2830. The van der Waals surface area contributed by atoms with E-state index in [4.69, 9.17) is 0 Å². The first-order chi connectivity index (χ1) is 29.7. The lowest BCUT2D eigenvalue weighted by Gasteiger charge is -2.76. The van der Waals surface area contributed by atoms with E-state index in [9.17, 15) is 0 Å². The largest absolute Gasteiger partial charge is 0.310 e. The highest BCUT2D eigenvalue weighted by atomic mass is 15.1. The number of fused-ring (bicyclic) bond motifs is 9. The number of anilines is 3. The third-order valence-corrected chi connectivity index (χ3v) is 17.9. The predicted octanol–water partition coefficient (Wildman–Crippen LogP) is 15.8. The minimum Gasteiger partial charge on any atom is -0.310 e. The molecule has 7 aliphatic carbocycles. The highest BCUT2D eigenvalue weighted by Crippen LogP contribution is 2.89. The monoisotopic (exact) mass is 791 g/mol. The zero-order valence-corrected chi connectivity index (χ0v) is 36.3. The van der Waals surface area contributed by atoms with Gasteiger partial charge in [-0.15, -0.1) is 0 Å². The van der Waals surface area contributed by atoms with E-state index in [1.807, 2.05) is 0 Å². The van der Waals surface area contributed by atoms with E-state index in [1.165, 1.54) is 111 Å². The van der Waals surface area contributed by atoms with Gasteiger partial charge in [0.25, 0.3) is 0 Å². The van der Waals surface area contributed by atoms with Crippen molar-refractivity contribution >= 4 is 28.2 Å². The Morgan fingerprint density at radius 2 is 1.21 bits per heavy atom. The van der Waals surface area contributed by atoms with Crippen molar-refractivity contribution in [2.75, 3.05) is 4.90 Å². The van der Waals surface area contributed by atoms with Crippen LogP contribution in [0.2, 0.25) is 0 Å². The summed E-state index contributed by atoms with van der Waals surface area (Å²) in [5, 5.41) is 0. The van der Waals surface area contributed by atoms with Gasteiger partial charge < -0.3 is 4.90 Å². The topological polar surface area (TPSA) is 3.24 Å². The second-order valence-corrected chi connectivity index (χ2v) is 21.5. The van der Waals surface area contributed by atoms with Crippen molar-refractivity contribution in [1.29, 1.82) is 0 Å². The van der Waals surface area contributed by atoms with Crippen molar-refractivity contribution in [3.63, 3.8) is 0 Å². The second-order valence-electron chi connectivity index (χ2n) is 21.5. The van der Waals surface area contributed by atoms with Gasteiger partial charge in [-0.3, -0.25) is 0 Å². The normalized spacial score (nSPS) is 28.7. The number of nitrogens with zero attached hydrogens (tertiary/aromatic N) is 1. The van der Waals surface area contributed by atoms with Crippen LogP contribution in [-0.4, -0.2) is 0 Å². The van der Waals surface area contributed by atoms with Crippen LogP contribution in [0.4, 0.5) is 17.1 Å². The molecule has 1 nitrogen and oxygen atoms in total. The molecule has 0 amide bonds. The lowest BCUT2D eigenvalue weighted by molar-refractivity contribution is -0.231. The Hall–Kier alpha value is -5.40. The molecule has 2 bridgehead atoms. The van der Waals surface area contributed by atoms with Crippen LogP contribution in [0.25, 0.3) is 33.4 Å². The number of hydrogen-bond acceptors (Lipinski definition) is 1. The van der Waals surface area contributed by atoms with Crippen LogP contribution in [0.3, 0.4) is 0 Å². The van der Waals surface area contributed by atoms with Crippen molar-refractivity contribution in [2.45, 2.75) is 95.3 Å². The van der Waals surface area contributed by atoms with Crippen LogP contribution in [0.15, 0.2) is 152 Å². The Labute approximate surface area is 363 Å². The molecule has 0 radical (unpaired) electrons. The second kappa shape index (κ2) is 12.6. The van der Waals surface area contributed by atoms with Gasteiger partial charge in [0, 0.05) is 16.8 Å². The van der Waals surface area contributed by atoms with Crippen molar-refractivity contribution in [3.8, 4) is 22.3 Å². The molecule has 4 saturated carbocycles. The third kappa shape index (κ3) is 4.84. The molecule has 1 heteroatoms. The summed E-state index contributed by atoms with van der Waals surface area (Å²) in [6, 6.07) is 54.0. The fourth-order valence-corrected chi connectivity index (χ4v) is 15.2. The minimum atomic E-state index is 0.0595. The van der Waals surface area contributed by atoms with Gasteiger partial charge >= 0.3 is 0 Å². The molecule has 6 unspecified atom stereocenters. The van der Waals surface area contributed by atoms with Gasteiger partial charge in [0.15, 0.2) is 0 Å². The van der Waals surface area contributed by atoms with Crippen LogP contribution in [0, 0.1) is 29.1 Å². The van der Waals surface area contributed by atoms with E-state index >= 15 is 0 Å². The Morgan fingerprint density at radius 3 is 2.00 bits per heavy atom. The quantitative estimate of drug-likeness (QED) is 0.162. The van der Waals surface area contributed by atoms with Crippen molar-refractivity contribution < 1.29 is 0 Å². The molecule has 4 fully saturated rings. The molecular formula is C60H57N. The zero-order chi connectivity index (χ0) is 40.9. The minimum absolute atomic E-state index is 0.0595. The van der Waals surface area contributed by atoms with Gasteiger partial charge in [-0.2, -0.15) is 0 Å². The maximum absolute atomic E-state index is 2.64. The zero-order valence-electron chi connectivity index (χ0n) is 36.3. The molecule has 2 spiro atoms. The molecule has 0 aromatic heterocycles. The molecule has 6 aromatic carbocycles. The Kier molecular flexibility index (Phi) is 7.49. The summed E-state index contributed by atoms with van der Waals surface area (Å²) in [5.41, 5.74) is 22.1. The molecule has 6 atom stereocenters. The van der Waals surface area contributed by atoms with Crippen LogP contribution in [0.1, 0.15) is 112 Å². The summed E-state index contributed by atoms with van der Waals surface area (Å²) in [6.07, 6.45) is 15.2. The number of rotatable bonds is 6. The highest BCUT2D eigenvalue weighted by molar-refractivity contribution is 5.89. The summed E-state index contributed by atoms with van der Waals surface area (Å²) < 4.78 is 0. The first kappa shape index (κ1) is 36.3. The molecule has 61 heavy (non-hydrogen) atoms. The molecule has 0 aliphatic heterocycles. The molecule has 0 saturated heterocycles. The summed E-state index contributed by atoms with van der Waals surface area (Å²) in [7, 11) is 0. The van der Waals surface area contributed by atoms with Crippen LogP contribution in [-0.2, 0) is 16.2 Å². The number of hydrogen-bond donors (Lipinski definition) is 0. The maximum atomic E-state index is 2.64. The van der Waals surface area contributed by atoms with E-state index in [0.717, 1.165) is 36.5 Å². The van der Waals surface area contributed by atoms with Crippen LogP contribution >= 0.6 is 0 Å². The summed E-state index contributed by atoms with van der Waals surface area (Å²) in [4.78, 5) is 2.56.